The molecule has 0 saturated carbocycles. The third-order valence-corrected chi connectivity index (χ3v) is 8.65. The van der Waals surface area contributed by atoms with E-state index in [-0.39, 0.29) is 25.5 Å². The normalized spacial score (nSPS) is 22.9. The van der Waals surface area contributed by atoms with Gasteiger partial charge >= 0.3 is 30.4 Å². The summed E-state index contributed by atoms with van der Waals surface area (Å²) in [6.07, 6.45) is -12.8. The smallest absolute Gasteiger partial charge is 0.416 e. The van der Waals surface area contributed by atoms with Crippen molar-refractivity contribution in [3.8, 4) is 0 Å². The molecule has 45 heavy (non-hydrogen) atoms. The maximum atomic E-state index is 14.0. The molecule has 2 N–H and O–H groups in total. The first kappa shape index (κ1) is 33.5. The van der Waals surface area contributed by atoms with Crippen LogP contribution in [0.25, 0.3) is 0 Å². The SMILES string of the molecule is Cc1cc(F)ccc1[C@H]1C[C@@]2(CCN1C(=O)N(C)[C@H](C)c1cc(C(F)(F)F)cc(C(F)(F)F)c1)CC(C(=O)O)C(=O)N2C(=O)O. The fourth-order valence-electron chi connectivity index (χ4n) is 6.22. The van der Waals surface area contributed by atoms with E-state index in [4.69, 9.17) is 0 Å². The molecule has 244 valence electrons. The van der Waals surface area contributed by atoms with Crippen LogP contribution in [0.2, 0.25) is 0 Å². The minimum absolute atomic E-state index is 0.0308. The number of aliphatic carboxylic acids is 1. The summed E-state index contributed by atoms with van der Waals surface area (Å²) in [5.41, 5.74) is -4.52. The molecule has 2 aromatic carbocycles. The van der Waals surface area contributed by atoms with E-state index in [0.29, 0.717) is 28.2 Å². The topological polar surface area (TPSA) is 118 Å². The fraction of sp³-hybridized carbons (Fsp3) is 0.448. The second kappa shape index (κ2) is 11.5. The zero-order valence-corrected chi connectivity index (χ0v) is 24.0. The first-order chi connectivity index (χ1) is 20.7. The van der Waals surface area contributed by atoms with E-state index >= 15 is 0 Å². The molecule has 1 unspecified atom stereocenters. The zero-order chi connectivity index (χ0) is 33.8. The standard InChI is InChI=1S/C29H28F7N3O6/c1-14-8-19(30)4-5-20(14)22-13-27(12-21(24(41)42)23(40)39(27)26(44)45)6-7-38(22)25(43)37(3)15(2)16-9-17(28(31,32)33)11-18(10-16)29(34,35)36/h4-5,8-11,15,21-22H,6-7,12-13H2,1-3H3,(H,41,42)(H,44,45)/t15-,21?,22-,27-/m1/s1. The van der Waals surface area contributed by atoms with Crippen LogP contribution in [0.1, 0.15) is 66.1 Å². The number of nitrogens with zero attached hydrogens (tertiary/aromatic N) is 3. The number of carboxylic acid groups (broad SMARTS) is 2. The molecule has 0 bridgehead atoms. The van der Waals surface area contributed by atoms with Gasteiger partial charge < -0.3 is 20.0 Å². The van der Waals surface area contributed by atoms with Crippen LogP contribution >= 0.6 is 0 Å². The largest absolute Gasteiger partial charge is 0.481 e. The number of carbonyl (C=O) groups excluding carboxylic acids is 2. The number of halogens is 7. The molecule has 1 spiro atoms. The lowest BCUT2D eigenvalue weighted by molar-refractivity contribution is -0.147. The Morgan fingerprint density at radius 2 is 1.56 bits per heavy atom. The van der Waals surface area contributed by atoms with Crippen LogP contribution in [0.3, 0.4) is 0 Å². The molecule has 4 rings (SSSR count). The average molecular weight is 648 g/mol. The lowest BCUT2D eigenvalue weighted by Gasteiger charge is -2.49. The molecule has 2 aliphatic heterocycles. The predicted octanol–water partition coefficient (Wildman–Crippen LogP) is 6.47. The van der Waals surface area contributed by atoms with E-state index in [9.17, 15) is 60.1 Å². The van der Waals surface area contributed by atoms with Crippen molar-refractivity contribution in [2.75, 3.05) is 13.6 Å². The average Bonchev–Trinajstić information content (AvgIpc) is 3.22. The van der Waals surface area contributed by atoms with Crippen molar-refractivity contribution in [3.05, 3.63) is 70.0 Å². The first-order valence-corrected chi connectivity index (χ1v) is 13.6. The summed E-state index contributed by atoms with van der Waals surface area (Å²) in [4.78, 5) is 53.4. The number of benzene rings is 2. The monoisotopic (exact) mass is 647 g/mol. The van der Waals surface area contributed by atoms with Crippen LogP contribution in [0, 0.1) is 18.7 Å². The summed E-state index contributed by atoms with van der Waals surface area (Å²) in [6.45, 7) is 2.46. The highest BCUT2D eigenvalue weighted by Crippen LogP contribution is 2.49. The number of urea groups is 1. The molecule has 0 aliphatic carbocycles. The van der Waals surface area contributed by atoms with Gasteiger partial charge in [-0.15, -0.1) is 0 Å². The number of imide groups is 1. The van der Waals surface area contributed by atoms with Gasteiger partial charge in [-0.25, -0.2) is 18.9 Å². The predicted molar refractivity (Wildman–Crippen MR) is 141 cm³/mol. The van der Waals surface area contributed by atoms with Gasteiger partial charge in [0.25, 0.3) is 0 Å². The third-order valence-electron chi connectivity index (χ3n) is 8.65. The molecule has 2 saturated heterocycles. The Bertz CT molecular complexity index is 1510. The minimum Gasteiger partial charge on any atom is -0.481 e. The number of carboxylic acids is 1. The lowest BCUT2D eigenvalue weighted by atomic mass is 9.77. The quantitative estimate of drug-likeness (QED) is 0.290. The number of rotatable bonds is 4. The molecule has 0 aromatic heterocycles. The Morgan fingerprint density at radius 3 is 2.04 bits per heavy atom. The van der Waals surface area contributed by atoms with E-state index < -0.39 is 88.8 Å². The number of amides is 4. The number of alkyl halides is 6. The number of likely N-dealkylation sites (tertiary alicyclic amines) is 2. The number of piperidine rings is 1. The van der Waals surface area contributed by atoms with Gasteiger partial charge in [-0.1, -0.05) is 6.07 Å². The van der Waals surface area contributed by atoms with Gasteiger partial charge in [-0.2, -0.15) is 26.3 Å². The highest BCUT2D eigenvalue weighted by Gasteiger charge is 2.59. The van der Waals surface area contributed by atoms with Gasteiger partial charge in [-0.3, -0.25) is 9.59 Å². The van der Waals surface area contributed by atoms with Crippen molar-refractivity contribution in [1.82, 2.24) is 14.7 Å². The van der Waals surface area contributed by atoms with Gasteiger partial charge in [0.15, 0.2) is 0 Å². The Morgan fingerprint density at radius 1 is 0.978 bits per heavy atom. The van der Waals surface area contributed by atoms with Crippen LogP contribution < -0.4 is 0 Å². The highest BCUT2D eigenvalue weighted by atomic mass is 19.4. The summed E-state index contributed by atoms with van der Waals surface area (Å²) < 4.78 is 95.1. The van der Waals surface area contributed by atoms with E-state index in [1.807, 2.05) is 0 Å². The second-order valence-corrected chi connectivity index (χ2v) is 11.3. The highest BCUT2D eigenvalue weighted by molar-refractivity contribution is 6.05. The summed E-state index contributed by atoms with van der Waals surface area (Å²) >= 11 is 0. The molecule has 9 nitrogen and oxygen atoms in total. The summed E-state index contributed by atoms with van der Waals surface area (Å²) in [5, 5.41) is 19.5. The fourth-order valence-corrected chi connectivity index (χ4v) is 6.22. The van der Waals surface area contributed by atoms with Crippen LogP contribution in [0.5, 0.6) is 0 Å². The van der Waals surface area contributed by atoms with Crippen molar-refractivity contribution in [1.29, 1.82) is 0 Å². The number of carbonyl (C=O) groups is 4. The van der Waals surface area contributed by atoms with E-state index in [0.717, 1.165) is 17.0 Å². The number of aryl methyl sites for hydroxylation is 1. The van der Waals surface area contributed by atoms with Crippen LogP contribution in [-0.4, -0.2) is 68.0 Å². The molecule has 2 heterocycles. The Kier molecular flexibility index (Phi) is 8.59. The molecule has 2 fully saturated rings. The van der Waals surface area contributed by atoms with E-state index in [1.165, 1.54) is 31.9 Å². The molecule has 2 aliphatic rings. The second-order valence-electron chi connectivity index (χ2n) is 11.3. The van der Waals surface area contributed by atoms with Crippen molar-refractivity contribution < 1.29 is 60.1 Å². The minimum atomic E-state index is -5.12. The Labute approximate surface area is 251 Å². The molecule has 4 atom stereocenters. The maximum absolute atomic E-state index is 14.0. The third kappa shape index (κ3) is 6.27. The van der Waals surface area contributed by atoms with Crippen molar-refractivity contribution in [2.24, 2.45) is 5.92 Å². The Hall–Kier alpha value is -4.37. The summed E-state index contributed by atoms with van der Waals surface area (Å²) in [6, 6.07) is 1.26. The summed E-state index contributed by atoms with van der Waals surface area (Å²) in [5.74, 6) is -5.00. The van der Waals surface area contributed by atoms with Gasteiger partial charge in [0, 0.05) is 13.6 Å². The van der Waals surface area contributed by atoms with Gasteiger partial charge in [0.05, 0.1) is 28.7 Å². The van der Waals surface area contributed by atoms with Crippen LogP contribution in [0.4, 0.5) is 40.3 Å². The van der Waals surface area contributed by atoms with Crippen molar-refractivity contribution in [3.63, 3.8) is 0 Å². The molecular weight excluding hydrogens is 619 g/mol. The van der Waals surface area contributed by atoms with Crippen LogP contribution in [-0.2, 0) is 21.9 Å². The van der Waals surface area contributed by atoms with E-state index in [1.54, 1.807) is 0 Å². The number of hydrogen-bond donors (Lipinski definition) is 2. The maximum Gasteiger partial charge on any atom is 0.416 e. The lowest BCUT2D eigenvalue weighted by Crippen LogP contribution is -2.58. The first-order valence-electron chi connectivity index (χ1n) is 13.6. The molecule has 16 heteroatoms. The van der Waals surface area contributed by atoms with E-state index in [2.05, 4.69) is 0 Å². The van der Waals surface area contributed by atoms with Crippen molar-refractivity contribution >= 4 is 24.0 Å². The van der Waals surface area contributed by atoms with Gasteiger partial charge in [0.1, 0.15) is 11.7 Å². The molecular formula is C29H28F7N3O6. The number of hydrogen-bond acceptors (Lipinski definition) is 4. The summed E-state index contributed by atoms with van der Waals surface area (Å²) in [7, 11) is 1.17. The van der Waals surface area contributed by atoms with Gasteiger partial charge in [-0.05, 0) is 80.1 Å². The van der Waals surface area contributed by atoms with Gasteiger partial charge in [0.2, 0.25) is 5.91 Å². The van der Waals surface area contributed by atoms with Crippen LogP contribution in [0.15, 0.2) is 36.4 Å². The molecule has 4 amide bonds. The zero-order valence-electron chi connectivity index (χ0n) is 24.0. The molecule has 2 aromatic rings. The molecule has 0 radical (unpaired) electrons. The Balaban J connectivity index is 1.75. The van der Waals surface area contributed by atoms with Crippen molar-refractivity contribution in [2.45, 2.75) is 63.1 Å².